The van der Waals surface area contributed by atoms with Crippen LogP contribution in [0.4, 0.5) is 11.4 Å². The molecule has 4 rings (SSSR count). The van der Waals surface area contributed by atoms with Gasteiger partial charge < -0.3 is 19.6 Å². The van der Waals surface area contributed by atoms with E-state index in [1.807, 2.05) is 31.2 Å². The number of pyridine rings is 1. The van der Waals surface area contributed by atoms with E-state index in [0.29, 0.717) is 39.4 Å². The van der Waals surface area contributed by atoms with Crippen LogP contribution in [0.5, 0.6) is 5.75 Å². The summed E-state index contributed by atoms with van der Waals surface area (Å²) in [5.41, 5.74) is 4.39. The fraction of sp³-hybridized carbons (Fsp3) is 0.160. The molecule has 0 fully saturated rings. The third-order valence-electron chi connectivity index (χ3n) is 5.05. The molecular formula is C25H23N3O4. The van der Waals surface area contributed by atoms with E-state index in [2.05, 4.69) is 15.3 Å². The van der Waals surface area contributed by atoms with Crippen molar-refractivity contribution in [2.45, 2.75) is 20.5 Å². The van der Waals surface area contributed by atoms with E-state index in [-0.39, 0.29) is 23.6 Å². The number of aliphatic hydroxyl groups excluding tert-OH is 1. The van der Waals surface area contributed by atoms with Crippen LogP contribution in [-0.4, -0.2) is 23.1 Å². The maximum Gasteiger partial charge on any atom is 0.261 e. The number of nitrogens with one attached hydrogen (secondary N) is 1. The smallest absolute Gasteiger partial charge is 0.261 e. The van der Waals surface area contributed by atoms with Gasteiger partial charge in [0.05, 0.1) is 25.1 Å². The molecule has 0 aliphatic carbocycles. The van der Waals surface area contributed by atoms with Crippen LogP contribution in [0.3, 0.4) is 0 Å². The van der Waals surface area contributed by atoms with Crippen molar-refractivity contribution in [1.29, 1.82) is 0 Å². The average molecular weight is 429 g/mol. The highest BCUT2D eigenvalue weighted by atomic mass is 16.5. The maximum absolute atomic E-state index is 13.2. The number of fused-ring (bicyclic) bond motifs is 1. The lowest BCUT2D eigenvalue weighted by Gasteiger charge is -2.10. The van der Waals surface area contributed by atoms with Gasteiger partial charge in [-0.05, 0) is 61.9 Å². The number of amides is 1. The maximum atomic E-state index is 13.2. The number of methoxy groups -OCH3 is 1. The molecule has 1 amide bonds. The molecule has 2 N–H and O–H groups in total. The Bertz CT molecular complexity index is 1360. The Hall–Kier alpha value is -3.97. The van der Waals surface area contributed by atoms with Gasteiger partial charge in [0.1, 0.15) is 11.3 Å². The minimum atomic E-state index is -0.384. The first kappa shape index (κ1) is 21.3. The van der Waals surface area contributed by atoms with Crippen LogP contribution in [0.15, 0.2) is 70.2 Å². The molecule has 0 bridgehead atoms. The van der Waals surface area contributed by atoms with Gasteiger partial charge in [-0.1, -0.05) is 12.1 Å². The summed E-state index contributed by atoms with van der Waals surface area (Å²) >= 11 is 0. The van der Waals surface area contributed by atoms with Gasteiger partial charge in [-0.15, -0.1) is 0 Å². The van der Waals surface area contributed by atoms with Gasteiger partial charge in [-0.2, -0.15) is 0 Å². The van der Waals surface area contributed by atoms with E-state index in [4.69, 9.17) is 9.15 Å². The zero-order valence-corrected chi connectivity index (χ0v) is 18.0. The second-order valence-corrected chi connectivity index (χ2v) is 7.37. The normalized spacial score (nSPS) is 11.6. The summed E-state index contributed by atoms with van der Waals surface area (Å²) in [5, 5.41) is 13.2. The summed E-state index contributed by atoms with van der Waals surface area (Å²) < 4.78 is 11.3. The van der Waals surface area contributed by atoms with Crippen molar-refractivity contribution in [3.8, 4) is 5.75 Å². The first-order chi connectivity index (χ1) is 15.5. The van der Waals surface area contributed by atoms with E-state index in [9.17, 15) is 9.90 Å². The minimum absolute atomic E-state index is 0.161. The van der Waals surface area contributed by atoms with Crippen LogP contribution < -0.4 is 15.6 Å². The largest absolute Gasteiger partial charge is 0.497 e. The quantitative estimate of drug-likeness (QED) is 0.489. The number of carbonyl (C=O) groups is 1. The molecule has 0 aliphatic rings. The van der Waals surface area contributed by atoms with Gasteiger partial charge in [0, 0.05) is 22.8 Å². The molecule has 2 aromatic heterocycles. The summed E-state index contributed by atoms with van der Waals surface area (Å²) in [7, 11) is 1.58. The molecule has 0 radical (unpaired) electrons. The van der Waals surface area contributed by atoms with Crippen molar-refractivity contribution >= 4 is 28.3 Å². The molecule has 7 heteroatoms. The van der Waals surface area contributed by atoms with Crippen LogP contribution >= 0.6 is 0 Å². The molecule has 2 aromatic carbocycles. The Morgan fingerprint density at radius 1 is 1.16 bits per heavy atom. The predicted octanol–water partition coefficient (Wildman–Crippen LogP) is 4.43. The Labute approximate surface area is 185 Å². The first-order valence-corrected chi connectivity index (χ1v) is 10.1. The van der Waals surface area contributed by atoms with Crippen molar-refractivity contribution in [2.75, 3.05) is 12.4 Å². The van der Waals surface area contributed by atoms with Crippen LogP contribution in [-0.2, 0) is 6.61 Å². The summed E-state index contributed by atoms with van der Waals surface area (Å²) in [5.74, 6) is 0.306. The monoisotopic (exact) mass is 429 g/mol. The number of hydrogen-bond donors (Lipinski definition) is 2. The van der Waals surface area contributed by atoms with Crippen molar-refractivity contribution in [3.05, 3.63) is 88.7 Å². The van der Waals surface area contributed by atoms with Crippen LogP contribution in [0.2, 0.25) is 0 Å². The second kappa shape index (κ2) is 9.03. The Balaban J connectivity index is 1.88. The molecule has 0 saturated heterocycles. The van der Waals surface area contributed by atoms with Crippen LogP contribution in [0, 0.1) is 13.8 Å². The molecule has 7 nitrogen and oxygen atoms in total. The van der Waals surface area contributed by atoms with Gasteiger partial charge >= 0.3 is 0 Å². The highest BCUT2D eigenvalue weighted by Gasteiger charge is 2.16. The molecular weight excluding hydrogens is 406 g/mol. The Morgan fingerprint density at radius 2 is 1.94 bits per heavy atom. The number of hydrogen-bond acceptors (Lipinski definition) is 6. The molecule has 32 heavy (non-hydrogen) atoms. The van der Waals surface area contributed by atoms with E-state index in [1.54, 1.807) is 50.6 Å². The SMILES string of the molecule is COc1ccc(NC(=O)c2cc3c(CO)cnc(C)c3oc2=Nc2cccc(C)c2)cc1. The van der Waals surface area contributed by atoms with Crippen molar-refractivity contribution in [2.24, 2.45) is 4.99 Å². The Kier molecular flexibility index (Phi) is 6.00. The lowest BCUT2D eigenvalue weighted by Crippen LogP contribution is -2.22. The van der Waals surface area contributed by atoms with Gasteiger partial charge in [0.2, 0.25) is 5.55 Å². The number of nitrogens with zero attached hydrogens (tertiary/aromatic N) is 2. The average Bonchev–Trinajstić information content (AvgIpc) is 2.80. The Morgan fingerprint density at radius 3 is 2.62 bits per heavy atom. The lowest BCUT2D eigenvalue weighted by atomic mass is 10.1. The van der Waals surface area contributed by atoms with Gasteiger partial charge in [0.15, 0.2) is 5.58 Å². The number of ether oxygens (including phenoxy) is 1. The summed E-state index contributed by atoms with van der Waals surface area (Å²) in [6, 6.07) is 16.3. The topological polar surface area (TPSA) is 97.0 Å². The zero-order chi connectivity index (χ0) is 22.7. The number of aryl methyl sites for hydroxylation is 2. The first-order valence-electron chi connectivity index (χ1n) is 10.1. The van der Waals surface area contributed by atoms with Gasteiger partial charge in [0.25, 0.3) is 5.91 Å². The number of aromatic nitrogens is 1. The molecule has 0 aliphatic heterocycles. The summed E-state index contributed by atoms with van der Waals surface area (Å²) in [6.07, 6.45) is 1.58. The van der Waals surface area contributed by atoms with E-state index in [0.717, 1.165) is 5.56 Å². The number of aliphatic hydroxyl groups is 1. The molecule has 4 aromatic rings. The number of rotatable bonds is 5. The standard InChI is InChI=1S/C25H23N3O4/c1-15-5-4-6-19(11-15)28-25-22(24(30)27-18-7-9-20(31-3)10-8-18)12-21-17(14-29)13-26-16(2)23(21)32-25/h4-13,29H,14H2,1-3H3,(H,27,30). The third-order valence-corrected chi connectivity index (χ3v) is 5.05. The van der Waals surface area contributed by atoms with E-state index < -0.39 is 0 Å². The third kappa shape index (κ3) is 4.38. The van der Waals surface area contributed by atoms with Gasteiger partial charge in [-0.25, -0.2) is 4.99 Å². The van der Waals surface area contributed by atoms with E-state index >= 15 is 0 Å². The zero-order valence-electron chi connectivity index (χ0n) is 18.0. The van der Waals surface area contributed by atoms with Crippen LogP contribution in [0.25, 0.3) is 11.0 Å². The lowest BCUT2D eigenvalue weighted by molar-refractivity contribution is 0.102. The highest BCUT2D eigenvalue weighted by Crippen LogP contribution is 2.22. The summed E-state index contributed by atoms with van der Waals surface area (Å²) in [6.45, 7) is 3.54. The molecule has 2 heterocycles. The summed E-state index contributed by atoms with van der Waals surface area (Å²) in [4.78, 5) is 22.1. The van der Waals surface area contributed by atoms with Crippen LogP contribution in [0.1, 0.15) is 27.2 Å². The van der Waals surface area contributed by atoms with Crippen molar-refractivity contribution in [3.63, 3.8) is 0 Å². The minimum Gasteiger partial charge on any atom is -0.497 e. The molecule has 0 unspecified atom stereocenters. The number of anilines is 1. The molecule has 0 saturated carbocycles. The molecule has 0 atom stereocenters. The number of benzene rings is 2. The second-order valence-electron chi connectivity index (χ2n) is 7.37. The van der Waals surface area contributed by atoms with Gasteiger partial charge in [-0.3, -0.25) is 9.78 Å². The fourth-order valence-corrected chi connectivity index (χ4v) is 3.35. The molecule has 162 valence electrons. The highest BCUT2D eigenvalue weighted by molar-refractivity contribution is 6.05. The van der Waals surface area contributed by atoms with Crippen molar-refractivity contribution < 1.29 is 19.1 Å². The fourth-order valence-electron chi connectivity index (χ4n) is 3.35. The predicted molar refractivity (Wildman–Crippen MR) is 122 cm³/mol. The van der Waals surface area contributed by atoms with E-state index in [1.165, 1.54) is 0 Å². The number of carbonyl (C=O) groups excluding carboxylic acids is 1. The van der Waals surface area contributed by atoms with Crippen molar-refractivity contribution in [1.82, 2.24) is 4.98 Å². The molecule has 0 spiro atoms.